The number of carbonyl (C=O) groups excluding carboxylic acids is 1. The van der Waals surface area contributed by atoms with Crippen molar-refractivity contribution >= 4 is 5.97 Å². The topological polar surface area (TPSA) is 26.3 Å². The predicted molar refractivity (Wildman–Crippen MR) is 70.5 cm³/mol. The summed E-state index contributed by atoms with van der Waals surface area (Å²) >= 11 is 0. The average Bonchev–Trinajstić information content (AvgIpc) is 2.73. The van der Waals surface area contributed by atoms with Crippen molar-refractivity contribution in [1.29, 1.82) is 0 Å². The van der Waals surface area contributed by atoms with Gasteiger partial charge in [-0.05, 0) is 25.0 Å². The Balaban J connectivity index is 1.88. The Morgan fingerprint density at radius 3 is 2.24 bits per heavy atom. The van der Waals surface area contributed by atoms with Gasteiger partial charge in [-0.25, -0.2) is 4.79 Å². The number of rotatable bonds is 9. The lowest BCUT2D eigenvalue weighted by Gasteiger charge is -2.00. The van der Waals surface area contributed by atoms with Crippen LogP contribution in [0.25, 0.3) is 0 Å². The third kappa shape index (κ3) is 6.98. The molecule has 0 radical (unpaired) electrons. The van der Waals surface area contributed by atoms with E-state index < -0.39 is 0 Å². The lowest BCUT2D eigenvalue weighted by Crippen LogP contribution is -1.90. The standard InChI is InChI=1S/C15H24O2/c1-2-3-4-5-6-7-8-9-10-11-14-12-13-15(16)17-14/h11-13H,2-10H2,1H3. The highest BCUT2D eigenvalue weighted by Gasteiger charge is 2.07. The molecule has 0 fully saturated rings. The van der Waals surface area contributed by atoms with Gasteiger partial charge in [0.2, 0.25) is 0 Å². The van der Waals surface area contributed by atoms with Gasteiger partial charge in [0.15, 0.2) is 0 Å². The molecule has 0 saturated carbocycles. The first-order valence-corrected chi connectivity index (χ1v) is 6.93. The number of hydrogen-bond acceptors (Lipinski definition) is 2. The van der Waals surface area contributed by atoms with Gasteiger partial charge in [0.05, 0.1) is 0 Å². The van der Waals surface area contributed by atoms with Crippen LogP contribution in [0.5, 0.6) is 0 Å². The van der Waals surface area contributed by atoms with Gasteiger partial charge in [-0.1, -0.05) is 51.9 Å². The molecule has 1 aliphatic heterocycles. The Bertz CT molecular complexity index is 277. The molecule has 1 heterocycles. The van der Waals surface area contributed by atoms with E-state index in [1.807, 2.05) is 6.08 Å². The minimum atomic E-state index is -0.243. The van der Waals surface area contributed by atoms with Gasteiger partial charge >= 0.3 is 5.97 Å². The van der Waals surface area contributed by atoms with Crippen molar-refractivity contribution in [2.24, 2.45) is 0 Å². The first-order valence-electron chi connectivity index (χ1n) is 6.93. The van der Waals surface area contributed by atoms with Crippen molar-refractivity contribution < 1.29 is 9.53 Å². The minimum Gasteiger partial charge on any atom is -0.424 e. The van der Waals surface area contributed by atoms with Crippen molar-refractivity contribution in [1.82, 2.24) is 0 Å². The molecule has 0 atom stereocenters. The summed E-state index contributed by atoms with van der Waals surface area (Å²) in [5.74, 6) is 0.477. The monoisotopic (exact) mass is 236 g/mol. The van der Waals surface area contributed by atoms with Crippen molar-refractivity contribution in [2.75, 3.05) is 0 Å². The summed E-state index contributed by atoms with van der Waals surface area (Å²) in [6.45, 7) is 2.25. The van der Waals surface area contributed by atoms with E-state index in [-0.39, 0.29) is 5.97 Å². The van der Waals surface area contributed by atoms with E-state index in [0.29, 0.717) is 0 Å². The number of ether oxygens (including phenoxy) is 1. The summed E-state index contributed by atoms with van der Waals surface area (Å²) in [4.78, 5) is 10.8. The quantitative estimate of drug-likeness (QED) is 0.435. The first-order chi connectivity index (χ1) is 8.33. The molecule has 0 aromatic rings. The SMILES string of the molecule is CCCCCCCCCCC=C1C=CC(=O)O1. The van der Waals surface area contributed by atoms with Gasteiger partial charge < -0.3 is 4.74 Å². The van der Waals surface area contributed by atoms with Crippen LogP contribution in [-0.4, -0.2) is 5.97 Å². The van der Waals surface area contributed by atoms with Gasteiger partial charge in [0.25, 0.3) is 0 Å². The molecule has 0 bridgehead atoms. The second-order valence-electron chi connectivity index (χ2n) is 4.62. The summed E-state index contributed by atoms with van der Waals surface area (Å²) in [7, 11) is 0. The Kier molecular flexibility index (Phi) is 7.44. The molecular weight excluding hydrogens is 212 g/mol. The van der Waals surface area contributed by atoms with Crippen molar-refractivity contribution in [3.05, 3.63) is 24.0 Å². The third-order valence-electron chi connectivity index (χ3n) is 3.01. The molecule has 0 saturated heterocycles. The molecule has 0 aromatic carbocycles. The van der Waals surface area contributed by atoms with Crippen LogP contribution in [0.15, 0.2) is 24.0 Å². The zero-order valence-electron chi connectivity index (χ0n) is 10.9. The van der Waals surface area contributed by atoms with E-state index in [1.165, 1.54) is 57.4 Å². The highest BCUT2D eigenvalue weighted by molar-refractivity contribution is 5.86. The fourth-order valence-electron chi connectivity index (χ4n) is 1.97. The molecule has 0 unspecified atom stereocenters. The molecule has 17 heavy (non-hydrogen) atoms. The maximum absolute atomic E-state index is 10.8. The Morgan fingerprint density at radius 2 is 1.65 bits per heavy atom. The smallest absolute Gasteiger partial charge is 0.336 e. The molecule has 0 aliphatic carbocycles. The fraction of sp³-hybridized carbons (Fsp3) is 0.667. The van der Waals surface area contributed by atoms with Crippen LogP contribution < -0.4 is 0 Å². The zero-order chi connectivity index (χ0) is 12.3. The van der Waals surface area contributed by atoms with Gasteiger partial charge in [0, 0.05) is 6.08 Å². The Morgan fingerprint density at radius 1 is 1.00 bits per heavy atom. The molecule has 0 amide bonds. The van der Waals surface area contributed by atoms with Gasteiger partial charge in [0.1, 0.15) is 5.76 Å². The zero-order valence-corrected chi connectivity index (χ0v) is 10.9. The summed E-state index contributed by atoms with van der Waals surface area (Å²) in [6.07, 6.45) is 16.9. The summed E-state index contributed by atoms with van der Waals surface area (Å²) in [5, 5.41) is 0. The van der Waals surface area contributed by atoms with E-state index in [0.717, 1.165) is 12.2 Å². The highest BCUT2D eigenvalue weighted by Crippen LogP contribution is 2.13. The molecule has 2 nitrogen and oxygen atoms in total. The van der Waals surface area contributed by atoms with Crippen LogP contribution in [-0.2, 0) is 9.53 Å². The second-order valence-corrected chi connectivity index (χ2v) is 4.62. The number of cyclic esters (lactones) is 1. The van der Waals surface area contributed by atoms with Crippen LogP contribution in [0.4, 0.5) is 0 Å². The van der Waals surface area contributed by atoms with Crippen molar-refractivity contribution in [3.63, 3.8) is 0 Å². The van der Waals surface area contributed by atoms with Crippen molar-refractivity contribution in [3.8, 4) is 0 Å². The van der Waals surface area contributed by atoms with E-state index in [4.69, 9.17) is 4.74 Å². The number of hydrogen-bond donors (Lipinski definition) is 0. The predicted octanol–water partition coefficient (Wildman–Crippen LogP) is 4.51. The van der Waals surface area contributed by atoms with Crippen LogP contribution in [0.1, 0.15) is 64.7 Å². The highest BCUT2D eigenvalue weighted by atomic mass is 16.5. The first kappa shape index (κ1) is 14.0. The summed E-state index contributed by atoms with van der Waals surface area (Å²) in [6, 6.07) is 0. The second kappa shape index (κ2) is 9.03. The van der Waals surface area contributed by atoms with Crippen LogP contribution in [0, 0.1) is 0 Å². The summed E-state index contributed by atoms with van der Waals surface area (Å²) < 4.78 is 4.94. The average molecular weight is 236 g/mol. The van der Waals surface area contributed by atoms with E-state index in [2.05, 4.69) is 6.92 Å². The molecule has 1 rings (SSSR count). The fourth-order valence-corrected chi connectivity index (χ4v) is 1.97. The number of esters is 1. The number of allylic oxidation sites excluding steroid dienone is 2. The van der Waals surface area contributed by atoms with E-state index >= 15 is 0 Å². The minimum absolute atomic E-state index is 0.243. The lowest BCUT2D eigenvalue weighted by atomic mass is 10.1. The molecule has 1 aliphatic rings. The molecule has 0 N–H and O–H groups in total. The van der Waals surface area contributed by atoms with E-state index in [1.54, 1.807) is 6.08 Å². The summed E-state index contributed by atoms with van der Waals surface area (Å²) in [5.41, 5.74) is 0. The molecule has 0 spiro atoms. The van der Waals surface area contributed by atoms with Crippen molar-refractivity contribution in [2.45, 2.75) is 64.7 Å². The normalized spacial score (nSPS) is 16.8. The molecule has 96 valence electrons. The third-order valence-corrected chi connectivity index (χ3v) is 3.01. The van der Waals surface area contributed by atoms with Crippen LogP contribution in [0.3, 0.4) is 0 Å². The maximum atomic E-state index is 10.8. The Hall–Kier alpha value is -1.05. The van der Waals surface area contributed by atoms with Crippen LogP contribution >= 0.6 is 0 Å². The van der Waals surface area contributed by atoms with Gasteiger partial charge in [-0.3, -0.25) is 0 Å². The lowest BCUT2D eigenvalue weighted by molar-refractivity contribution is -0.132. The number of unbranched alkanes of at least 4 members (excludes halogenated alkanes) is 8. The largest absolute Gasteiger partial charge is 0.424 e. The molecule has 2 heteroatoms. The van der Waals surface area contributed by atoms with Crippen LogP contribution in [0.2, 0.25) is 0 Å². The molecular formula is C15H24O2. The van der Waals surface area contributed by atoms with Gasteiger partial charge in [-0.15, -0.1) is 0 Å². The van der Waals surface area contributed by atoms with Gasteiger partial charge in [-0.2, -0.15) is 0 Å². The van der Waals surface area contributed by atoms with E-state index in [9.17, 15) is 4.79 Å². The Labute approximate surface area is 105 Å². The number of carbonyl (C=O) groups is 1. The molecule has 0 aromatic heterocycles. The maximum Gasteiger partial charge on any atom is 0.336 e.